The zero-order chi connectivity index (χ0) is 26.3. The maximum Gasteiger partial charge on any atom is 0.290 e. The van der Waals surface area contributed by atoms with Crippen molar-refractivity contribution in [1.29, 1.82) is 0 Å². The largest absolute Gasteiger partial charge is 0.483 e. The van der Waals surface area contributed by atoms with Gasteiger partial charge in [0.15, 0.2) is 5.82 Å². The second-order valence-corrected chi connectivity index (χ2v) is 10.1. The number of aromatic nitrogens is 4. The number of aryl methyl sites for hydroxylation is 2. The van der Waals surface area contributed by atoms with Crippen molar-refractivity contribution in [3.8, 4) is 11.3 Å². The van der Waals surface area contributed by atoms with E-state index in [9.17, 15) is 4.39 Å². The van der Waals surface area contributed by atoms with E-state index in [1.54, 1.807) is 24.5 Å². The first kappa shape index (κ1) is 25.1. The second-order valence-electron chi connectivity index (χ2n) is 9.67. The van der Waals surface area contributed by atoms with Crippen LogP contribution in [0.25, 0.3) is 16.8 Å². The van der Waals surface area contributed by atoms with Crippen molar-refractivity contribution in [2.24, 2.45) is 11.1 Å². The minimum Gasteiger partial charge on any atom is -0.483 e. The van der Waals surface area contributed by atoms with Crippen molar-refractivity contribution in [3.05, 3.63) is 76.1 Å². The van der Waals surface area contributed by atoms with Gasteiger partial charge in [0.1, 0.15) is 11.3 Å². The number of halogens is 2. The molecule has 1 aliphatic carbocycles. The quantitative estimate of drug-likeness (QED) is 0.366. The molecule has 192 valence electrons. The molecule has 0 unspecified atom stereocenters. The number of nitrogens with two attached hydrogens (primary N) is 1. The van der Waals surface area contributed by atoms with Crippen LogP contribution in [0.3, 0.4) is 0 Å². The van der Waals surface area contributed by atoms with E-state index in [1.807, 2.05) is 36.6 Å². The van der Waals surface area contributed by atoms with Gasteiger partial charge in [-0.3, -0.25) is 9.78 Å². The van der Waals surface area contributed by atoms with Gasteiger partial charge in [-0.15, -0.1) is 0 Å². The van der Waals surface area contributed by atoms with Crippen LogP contribution in [0.1, 0.15) is 41.4 Å². The van der Waals surface area contributed by atoms with E-state index in [-0.39, 0.29) is 23.7 Å². The molecule has 8 nitrogen and oxygen atoms in total. The van der Waals surface area contributed by atoms with Crippen molar-refractivity contribution in [2.75, 3.05) is 18.0 Å². The minimum absolute atomic E-state index is 0.103. The number of hydrogen-bond acceptors (Lipinski definition) is 6. The van der Waals surface area contributed by atoms with E-state index < -0.39 is 0 Å². The molecule has 1 atom stereocenters. The molecule has 4 aromatic rings. The molecule has 1 spiro atoms. The third kappa shape index (κ3) is 4.12. The number of rotatable bonds is 2. The van der Waals surface area contributed by atoms with E-state index >= 15 is 0 Å². The highest BCUT2D eigenvalue weighted by Crippen LogP contribution is 2.51. The number of piperidine rings is 1. The summed E-state index contributed by atoms with van der Waals surface area (Å²) >= 11 is 6.61. The molecule has 1 aliphatic heterocycles. The molecular formula is C27H28ClFN6O2. The van der Waals surface area contributed by atoms with E-state index in [1.165, 1.54) is 0 Å². The Morgan fingerprint density at radius 2 is 1.89 bits per heavy atom. The molecule has 37 heavy (non-hydrogen) atoms. The molecular weight excluding hydrogens is 495 g/mol. The maximum absolute atomic E-state index is 14.5. The Labute approximate surface area is 218 Å². The maximum atomic E-state index is 14.5. The Hall–Kier alpha value is -3.56. The zero-order valence-electron chi connectivity index (χ0n) is 20.7. The number of hydrogen-bond donors (Lipinski definition) is 2. The number of fused-ring (bicyclic) bond motifs is 2. The van der Waals surface area contributed by atoms with Crippen molar-refractivity contribution in [2.45, 2.75) is 39.2 Å². The van der Waals surface area contributed by atoms with Gasteiger partial charge in [-0.2, -0.15) is 5.10 Å². The average Bonchev–Trinajstić information content (AvgIpc) is 3.47. The first-order valence-electron chi connectivity index (χ1n) is 12.1. The van der Waals surface area contributed by atoms with Gasteiger partial charge in [-0.25, -0.2) is 13.9 Å². The van der Waals surface area contributed by atoms with Crippen LogP contribution in [0.4, 0.5) is 10.2 Å². The van der Waals surface area contributed by atoms with Gasteiger partial charge in [-0.05, 0) is 67.9 Å². The summed E-state index contributed by atoms with van der Waals surface area (Å²) < 4.78 is 16.4. The van der Waals surface area contributed by atoms with Crippen LogP contribution in [-0.2, 0) is 11.2 Å². The average molecular weight is 523 g/mol. The Kier molecular flexibility index (Phi) is 6.59. The topological polar surface area (TPSA) is 110 Å². The summed E-state index contributed by atoms with van der Waals surface area (Å²) in [6.07, 6.45) is 6.04. The molecule has 1 saturated heterocycles. The van der Waals surface area contributed by atoms with Crippen molar-refractivity contribution in [1.82, 2.24) is 19.6 Å². The lowest BCUT2D eigenvalue weighted by Crippen LogP contribution is -2.44. The summed E-state index contributed by atoms with van der Waals surface area (Å²) in [7, 11) is 0. The highest BCUT2D eigenvalue weighted by molar-refractivity contribution is 6.33. The Bertz CT molecular complexity index is 1480. The smallest absolute Gasteiger partial charge is 0.290 e. The molecule has 0 bridgehead atoms. The number of anilines is 1. The van der Waals surface area contributed by atoms with E-state index in [2.05, 4.69) is 15.0 Å². The summed E-state index contributed by atoms with van der Waals surface area (Å²) in [6.45, 7) is 5.25. The zero-order valence-corrected chi connectivity index (χ0v) is 21.4. The van der Waals surface area contributed by atoms with Crippen LogP contribution in [0.15, 0.2) is 42.7 Å². The van der Waals surface area contributed by atoms with Crippen LogP contribution in [0.5, 0.6) is 0 Å². The Morgan fingerprint density at radius 1 is 1.16 bits per heavy atom. The lowest BCUT2D eigenvalue weighted by atomic mass is 9.73. The summed E-state index contributed by atoms with van der Waals surface area (Å²) in [6, 6.07) is 9.05. The standard InChI is InChI=1S/C26H26ClFN6.CH2O2/c1-15-22(27)18(6-10-30-15)23-16(2)32-25(21-7-11-31-34(21)23)33-12-8-26(9-13-33)14-19-17(24(26)29)4-3-5-20(19)28;2-1-3/h3-7,10-11,24H,8-9,12-14,29H2,1-2H3;1H,(H,2,3)/t24-;/m1./s1. The van der Waals surface area contributed by atoms with E-state index in [4.69, 9.17) is 32.2 Å². The molecule has 1 aromatic carbocycles. The van der Waals surface area contributed by atoms with Gasteiger partial charge in [0, 0.05) is 30.9 Å². The fourth-order valence-electron chi connectivity index (χ4n) is 5.84. The molecule has 1 fully saturated rings. The highest BCUT2D eigenvalue weighted by Gasteiger charge is 2.47. The van der Waals surface area contributed by atoms with Crippen molar-refractivity contribution < 1.29 is 14.3 Å². The predicted molar refractivity (Wildman–Crippen MR) is 140 cm³/mol. The van der Waals surface area contributed by atoms with Crippen molar-refractivity contribution in [3.63, 3.8) is 0 Å². The molecule has 3 aromatic heterocycles. The predicted octanol–water partition coefficient (Wildman–Crippen LogP) is 4.74. The van der Waals surface area contributed by atoms with Crippen molar-refractivity contribution >= 4 is 29.4 Å². The summed E-state index contributed by atoms with van der Waals surface area (Å²) in [5.74, 6) is 0.775. The normalized spacial score (nSPS) is 18.0. The van der Waals surface area contributed by atoms with Gasteiger partial charge in [0.25, 0.3) is 6.47 Å². The van der Waals surface area contributed by atoms with E-state index in [0.717, 1.165) is 71.0 Å². The molecule has 0 saturated carbocycles. The van der Waals surface area contributed by atoms with Gasteiger partial charge in [0.2, 0.25) is 0 Å². The monoisotopic (exact) mass is 522 g/mol. The molecule has 3 N–H and O–H groups in total. The SMILES string of the molecule is Cc1nccc(-c2c(C)nc(N3CCC4(CC3)Cc3c(F)cccc3[C@H]4N)c3ccnn23)c1Cl.O=CO. The second kappa shape index (κ2) is 9.72. The first-order valence-corrected chi connectivity index (χ1v) is 12.5. The number of benzene rings is 1. The molecule has 10 heteroatoms. The van der Waals surface area contributed by atoms with Crippen LogP contribution in [-0.4, -0.2) is 44.3 Å². The highest BCUT2D eigenvalue weighted by atomic mass is 35.5. The van der Waals surface area contributed by atoms with Crippen LogP contribution >= 0.6 is 11.6 Å². The lowest BCUT2D eigenvalue weighted by Gasteiger charge is -2.42. The minimum atomic E-state index is -0.250. The van der Waals surface area contributed by atoms with Gasteiger partial charge in [0.05, 0.1) is 28.3 Å². The number of carboxylic acid groups (broad SMARTS) is 1. The fraction of sp³-hybridized carbons (Fsp3) is 0.333. The van der Waals surface area contributed by atoms with Gasteiger partial charge in [-0.1, -0.05) is 23.7 Å². The number of pyridine rings is 1. The third-order valence-electron chi connectivity index (χ3n) is 7.76. The Balaban J connectivity index is 0.000000892. The third-order valence-corrected chi connectivity index (χ3v) is 8.23. The van der Waals surface area contributed by atoms with E-state index in [0.29, 0.717) is 11.4 Å². The molecule has 0 amide bonds. The summed E-state index contributed by atoms with van der Waals surface area (Å²) in [4.78, 5) is 20.0. The van der Waals surface area contributed by atoms with Gasteiger partial charge >= 0.3 is 0 Å². The molecule has 4 heterocycles. The van der Waals surface area contributed by atoms with Crippen LogP contribution in [0, 0.1) is 25.1 Å². The summed E-state index contributed by atoms with van der Waals surface area (Å²) in [5.41, 5.74) is 12.6. The fourth-order valence-corrected chi connectivity index (χ4v) is 6.04. The van der Waals surface area contributed by atoms with Crippen LogP contribution in [0.2, 0.25) is 5.02 Å². The molecule has 2 aliphatic rings. The van der Waals surface area contributed by atoms with Gasteiger partial charge < -0.3 is 15.7 Å². The number of carbonyl (C=O) groups is 1. The molecule has 0 radical (unpaired) electrons. The Morgan fingerprint density at radius 3 is 2.59 bits per heavy atom. The summed E-state index contributed by atoms with van der Waals surface area (Å²) in [5, 5.41) is 12.1. The molecule has 6 rings (SSSR count). The lowest BCUT2D eigenvalue weighted by molar-refractivity contribution is -0.122. The first-order chi connectivity index (χ1) is 17.8. The number of nitrogens with zero attached hydrogens (tertiary/aromatic N) is 5. The van der Waals surface area contributed by atoms with Crippen LogP contribution < -0.4 is 10.6 Å².